The van der Waals surface area contributed by atoms with Gasteiger partial charge in [0.25, 0.3) is 20.2 Å². The number of halogens is 1. The Balaban J connectivity index is 1.63. The first kappa shape index (κ1) is 23.6. The Morgan fingerprint density at radius 3 is 1.97 bits per heavy atom. The van der Waals surface area contributed by atoms with Crippen molar-refractivity contribution in [3.63, 3.8) is 0 Å². The highest BCUT2D eigenvalue weighted by molar-refractivity contribution is 7.86. The number of phenols is 1. The van der Waals surface area contributed by atoms with Crippen LogP contribution >= 0.6 is 11.6 Å². The van der Waals surface area contributed by atoms with Crippen molar-refractivity contribution in [1.29, 1.82) is 0 Å². The molecule has 34 heavy (non-hydrogen) atoms. The SMILES string of the molecule is O=S(=O)(O)c1cccc(Nc2nc(Cl)nc(Nc3ccc4cc(S(=O)(=O)O)cc(O)c4c3)n2)c1. The van der Waals surface area contributed by atoms with Crippen LogP contribution in [0.15, 0.2) is 64.4 Å². The van der Waals surface area contributed by atoms with Crippen molar-refractivity contribution in [2.24, 2.45) is 0 Å². The number of aromatic hydroxyl groups is 1. The van der Waals surface area contributed by atoms with Crippen LogP contribution in [0.3, 0.4) is 0 Å². The molecule has 0 aliphatic carbocycles. The highest BCUT2D eigenvalue weighted by atomic mass is 35.5. The van der Waals surface area contributed by atoms with Crippen LogP contribution in [0.2, 0.25) is 5.28 Å². The molecule has 0 fully saturated rings. The van der Waals surface area contributed by atoms with E-state index in [0.717, 1.165) is 6.07 Å². The van der Waals surface area contributed by atoms with Gasteiger partial charge in [0, 0.05) is 22.8 Å². The van der Waals surface area contributed by atoms with E-state index in [4.69, 9.17) is 11.6 Å². The molecule has 0 atom stereocenters. The van der Waals surface area contributed by atoms with Crippen molar-refractivity contribution in [1.82, 2.24) is 15.0 Å². The molecular formula is C19H14ClN5O7S2. The fraction of sp³-hybridized carbons (Fsp3) is 0. The number of nitrogens with zero attached hydrogens (tertiary/aromatic N) is 3. The lowest BCUT2D eigenvalue weighted by Gasteiger charge is -2.10. The van der Waals surface area contributed by atoms with Gasteiger partial charge >= 0.3 is 0 Å². The van der Waals surface area contributed by atoms with Crippen molar-refractivity contribution in [3.8, 4) is 5.75 Å². The van der Waals surface area contributed by atoms with E-state index in [1.54, 1.807) is 6.07 Å². The molecule has 0 aliphatic rings. The van der Waals surface area contributed by atoms with Crippen molar-refractivity contribution in [3.05, 3.63) is 59.9 Å². The second-order valence-electron chi connectivity index (χ2n) is 6.86. The molecule has 176 valence electrons. The maximum atomic E-state index is 11.3. The minimum Gasteiger partial charge on any atom is -0.507 e. The molecular weight excluding hydrogens is 510 g/mol. The Hall–Kier alpha value is -3.56. The Kier molecular flexibility index (Phi) is 6.01. The predicted octanol–water partition coefficient (Wildman–Crippen LogP) is 3.36. The number of hydrogen-bond donors (Lipinski definition) is 5. The maximum Gasteiger partial charge on any atom is 0.294 e. The van der Waals surface area contributed by atoms with E-state index < -0.39 is 25.1 Å². The van der Waals surface area contributed by atoms with E-state index in [2.05, 4.69) is 25.6 Å². The Morgan fingerprint density at radius 1 is 0.735 bits per heavy atom. The second kappa shape index (κ2) is 8.66. The van der Waals surface area contributed by atoms with Gasteiger partial charge in [0.15, 0.2) is 0 Å². The number of aromatic nitrogens is 3. The molecule has 4 aromatic rings. The summed E-state index contributed by atoms with van der Waals surface area (Å²) in [6.07, 6.45) is 0. The number of rotatable bonds is 6. The summed E-state index contributed by atoms with van der Waals surface area (Å²) in [5.74, 6) is -0.401. The van der Waals surface area contributed by atoms with Crippen molar-refractivity contribution >= 4 is 65.9 Å². The highest BCUT2D eigenvalue weighted by Gasteiger charge is 2.15. The maximum absolute atomic E-state index is 11.3. The summed E-state index contributed by atoms with van der Waals surface area (Å²) < 4.78 is 63.7. The van der Waals surface area contributed by atoms with Crippen LogP contribution in [0.25, 0.3) is 10.8 Å². The predicted molar refractivity (Wildman–Crippen MR) is 123 cm³/mol. The Bertz CT molecular complexity index is 1650. The zero-order valence-electron chi connectivity index (χ0n) is 16.7. The zero-order chi connectivity index (χ0) is 24.7. The first-order chi connectivity index (χ1) is 15.9. The fourth-order valence-corrected chi connectivity index (χ4v) is 4.22. The van der Waals surface area contributed by atoms with Gasteiger partial charge < -0.3 is 15.7 Å². The molecule has 4 rings (SSSR count). The Labute approximate surface area is 197 Å². The quantitative estimate of drug-likeness (QED) is 0.232. The first-order valence-electron chi connectivity index (χ1n) is 9.16. The van der Waals surface area contributed by atoms with Crippen molar-refractivity contribution in [2.45, 2.75) is 9.79 Å². The lowest BCUT2D eigenvalue weighted by Crippen LogP contribution is -2.05. The molecule has 1 aromatic heterocycles. The van der Waals surface area contributed by atoms with Crippen LogP contribution in [0, 0.1) is 0 Å². The van der Waals surface area contributed by atoms with E-state index in [0.29, 0.717) is 11.1 Å². The number of phenolic OH excluding ortho intramolecular Hbond substituents is 1. The number of fused-ring (bicyclic) bond motifs is 1. The monoisotopic (exact) mass is 523 g/mol. The summed E-state index contributed by atoms with van der Waals surface area (Å²) >= 11 is 5.97. The molecule has 0 bridgehead atoms. The molecule has 0 unspecified atom stereocenters. The molecule has 0 saturated heterocycles. The lowest BCUT2D eigenvalue weighted by atomic mass is 10.1. The first-order valence-corrected chi connectivity index (χ1v) is 12.4. The largest absolute Gasteiger partial charge is 0.507 e. The topological polar surface area (TPSA) is 192 Å². The van der Waals surface area contributed by atoms with E-state index in [-0.39, 0.29) is 38.9 Å². The van der Waals surface area contributed by atoms with Gasteiger partial charge in [-0.15, -0.1) is 0 Å². The van der Waals surface area contributed by atoms with Gasteiger partial charge in [-0.05, 0) is 53.4 Å². The summed E-state index contributed by atoms with van der Waals surface area (Å²) in [4.78, 5) is 11.2. The summed E-state index contributed by atoms with van der Waals surface area (Å²) in [5.41, 5.74) is 0.664. The zero-order valence-corrected chi connectivity index (χ0v) is 19.1. The third-order valence-electron chi connectivity index (χ3n) is 4.46. The molecule has 15 heteroatoms. The normalized spacial score (nSPS) is 12.0. The fourth-order valence-electron chi connectivity index (χ4n) is 2.99. The Morgan fingerprint density at radius 2 is 1.35 bits per heavy atom. The molecule has 0 amide bonds. The second-order valence-corrected chi connectivity index (χ2v) is 10.0. The van der Waals surface area contributed by atoms with Crippen LogP contribution in [0.1, 0.15) is 0 Å². The molecule has 3 aromatic carbocycles. The number of hydrogen-bond acceptors (Lipinski definition) is 10. The number of benzene rings is 3. The number of anilines is 4. The average Bonchev–Trinajstić information content (AvgIpc) is 2.72. The van der Waals surface area contributed by atoms with Gasteiger partial charge in [0.1, 0.15) is 5.75 Å². The number of nitrogens with one attached hydrogen (secondary N) is 2. The van der Waals surface area contributed by atoms with Crippen LogP contribution in [0.4, 0.5) is 23.3 Å². The minimum atomic E-state index is -4.49. The van der Waals surface area contributed by atoms with Crippen LogP contribution in [-0.2, 0) is 20.2 Å². The molecule has 0 radical (unpaired) electrons. The van der Waals surface area contributed by atoms with Gasteiger partial charge in [-0.1, -0.05) is 12.1 Å². The van der Waals surface area contributed by atoms with Gasteiger partial charge in [0.05, 0.1) is 9.79 Å². The van der Waals surface area contributed by atoms with Crippen LogP contribution < -0.4 is 10.6 Å². The van der Waals surface area contributed by atoms with E-state index in [9.17, 15) is 31.0 Å². The summed E-state index contributed by atoms with van der Waals surface area (Å²) in [5, 5.41) is 16.3. The average molecular weight is 524 g/mol. The summed E-state index contributed by atoms with van der Waals surface area (Å²) in [6, 6.07) is 12.0. The van der Waals surface area contributed by atoms with Gasteiger partial charge in [-0.2, -0.15) is 31.8 Å². The molecule has 0 aliphatic heterocycles. The van der Waals surface area contributed by atoms with Crippen molar-refractivity contribution < 1.29 is 31.0 Å². The molecule has 12 nitrogen and oxygen atoms in total. The van der Waals surface area contributed by atoms with Gasteiger partial charge in [0.2, 0.25) is 17.2 Å². The smallest absolute Gasteiger partial charge is 0.294 e. The molecule has 0 spiro atoms. The minimum absolute atomic E-state index is 0.00169. The summed E-state index contributed by atoms with van der Waals surface area (Å²) in [6.45, 7) is 0. The van der Waals surface area contributed by atoms with E-state index >= 15 is 0 Å². The molecule has 1 heterocycles. The lowest BCUT2D eigenvalue weighted by molar-refractivity contribution is 0.471. The molecule has 5 N–H and O–H groups in total. The highest BCUT2D eigenvalue weighted by Crippen LogP contribution is 2.31. The summed E-state index contributed by atoms with van der Waals surface area (Å²) in [7, 11) is -8.90. The molecule has 0 saturated carbocycles. The van der Waals surface area contributed by atoms with E-state index in [1.165, 1.54) is 42.5 Å². The van der Waals surface area contributed by atoms with Crippen LogP contribution in [-0.4, -0.2) is 46.0 Å². The van der Waals surface area contributed by atoms with Gasteiger partial charge in [-0.3, -0.25) is 9.11 Å². The third kappa shape index (κ3) is 5.32. The van der Waals surface area contributed by atoms with Crippen molar-refractivity contribution in [2.75, 3.05) is 10.6 Å². The van der Waals surface area contributed by atoms with Gasteiger partial charge in [-0.25, -0.2) is 0 Å². The third-order valence-corrected chi connectivity index (χ3v) is 6.31. The van der Waals surface area contributed by atoms with E-state index in [1.807, 2.05) is 0 Å². The standard InChI is InChI=1S/C19H14ClN5O7S2/c20-17-23-18(21-11-2-1-3-13(7-11)33(27,28)29)25-19(24-17)22-12-5-4-10-6-14(34(30,31)32)9-16(26)15(10)8-12/h1-9,26H,(H,27,28,29)(H,30,31,32)(H2,21,22,23,24,25). The van der Waals surface area contributed by atoms with Crippen LogP contribution in [0.5, 0.6) is 5.75 Å².